The van der Waals surface area contributed by atoms with E-state index in [1.54, 1.807) is 26.0 Å². The molecule has 0 aliphatic heterocycles. The SMILES string of the molecule is CCOC(=O)c1c(NC(=O)c2ccc(C)cc2)sc2c1C(C(=O)OCC)CCC2. The number of carbonyl (C=O) groups is 3. The topological polar surface area (TPSA) is 81.7 Å². The molecular formula is C22H25NO5S. The van der Waals surface area contributed by atoms with Crippen LogP contribution in [-0.4, -0.2) is 31.1 Å². The number of anilines is 1. The number of aryl methyl sites for hydroxylation is 2. The summed E-state index contributed by atoms with van der Waals surface area (Å²) in [5.74, 6) is -1.69. The van der Waals surface area contributed by atoms with Crippen LogP contribution in [0.4, 0.5) is 5.00 Å². The predicted molar refractivity (Wildman–Crippen MR) is 112 cm³/mol. The lowest BCUT2D eigenvalue weighted by Gasteiger charge is -2.22. The highest BCUT2D eigenvalue weighted by Crippen LogP contribution is 2.44. The largest absolute Gasteiger partial charge is 0.466 e. The van der Waals surface area contributed by atoms with Crippen LogP contribution in [0.1, 0.15) is 69.3 Å². The van der Waals surface area contributed by atoms with Crippen molar-refractivity contribution in [3.8, 4) is 0 Å². The summed E-state index contributed by atoms with van der Waals surface area (Å²) in [6, 6.07) is 7.20. The zero-order valence-electron chi connectivity index (χ0n) is 16.9. The summed E-state index contributed by atoms with van der Waals surface area (Å²) in [7, 11) is 0. The molecule has 3 rings (SSSR count). The van der Waals surface area contributed by atoms with Crippen LogP contribution in [0.2, 0.25) is 0 Å². The van der Waals surface area contributed by atoms with Crippen molar-refractivity contribution in [2.45, 2.75) is 46.0 Å². The minimum Gasteiger partial charge on any atom is -0.466 e. The molecule has 6 nitrogen and oxygen atoms in total. The molecule has 1 unspecified atom stereocenters. The van der Waals surface area contributed by atoms with Crippen LogP contribution in [0.3, 0.4) is 0 Å². The number of carbonyl (C=O) groups excluding carboxylic acids is 3. The molecule has 7 heteroatoms. The molecule has 0 bridgehead atoms. The summed E-state index contributed by atoms with van der Waals surface area (Å²) < 4.78 is 10.5. The highest BCUT2D eigenvalue weighted by atomic mass is 32.1. The van der Waals surface area contributed by atoms with E-state index < -0.39 is 11.9 Å². The molecule has 1 aromatic heterocycles. The smallest absolute Gasteiger partial charge is 0.341 e. The fourth-order valence-electron chi connectivity index (χ4n) is 3.51. The molecular weight excluding hydrogens is 390 g/mol. The molecule has 1 amide bonds. The lowest BCUT2D eigenvalue weighted by Crippen LogP contribution is -2.23. The highest BCUT2D eigenvalue weighted by Gasteiger charge is 2.36. The van der Waals surface area contributed by atoms with Crippen molar-refractivity contribution in [3.63, 3.8) is 0 Å². The molecule has 0 spiro atoms. The molecule has 1 N–H and O–H groups in total. The second-order valence-electron chi connectivity index (χ2n) is 6.88. The van der Waals surface area contributed by atoms with Crippen molar-refractivity contribution < 1.29 is 23.9 Å². The van der Waals surface area contributed by atoms with Crippen LogP contribution in [0.15, 0.2) is 24.3 Å². The van der Waals surface area contributed by atoms with E-state index in [0.29, 0.717) is 22.5 Å². The van der Waals surface area contributed by atoms with Crippen LogP contribution in [0.5, 0.6) is 0 Å². The Morgan fingerprint density at radius 2 is 1.79 bits per heavy atom. The standard InChI is InChI=1S/C22H25NO5S/c1-4-27-21(25)15-7-6-8-16-17(15)18(22(26)28-5-2)20(29-16)23-19(24)14-11-9-13(3)10-12-14/h9-12,15H,4-8H2,1-3H3,(H,23,24). The minimum atomic E-state index is -0.527. The number of nitrogens with one attached hydrogen (secondary N) is 1. The summed E-state index contributed by atoms with van der Waals surface area (Å²) in [5.41, 5.74) is 2.48. The van der Waals surface area contributed by atoms with Crippen LogP contribution in [0.25, 0.3) is 0 Å². The molecule has 1 atom stereocenters. The summed E-state index contributed by atoms with van der Waals surface area (Å²) in [6.45, 7) is 5.92. The number of fused-ring (bicyclic) bond motifs is 1. The molecule has 1 aliphatic carbocycles. The maximum atomic E-state index is 12.8. The number of hydrogen-bond donors (Lipinski definition) is 1. The van der Waals surface area contributed by atoms with E-state index in [9.17, 15) is 14.4 Å². The van der Waals surface area contributed by atoms with Gasteiger partial charge in [0.15, 0.2) is 0 Å². The van der Waals surface area contributed by atoms with Gasteiger partial charge in [0.05, 0.1) is 24.7 Å². The second kappa shape index (κ2) is 9.22. The lowest BCUT2D eigenvalue weighted by molar-refractivity contribution is -0.145. The monoisotopic (exact) mass is 415 g/mol. The number of amides is 1. The van der Waals surface area contributed by atoms with E-state index in [4.69, 9.17) is 9.47 Å². The van der Waals surface area contributed by atoms with E-state index >= 15 is 0 Å². The van der Waals surface area contributed by atoms with Gasteiger partial charge in [0.1, 0.15) is 5.00 Å². The van der Waals surface area contributed by atoms with E-state index in [1.165, 1.54) is 11.3 Å². The number of esters is 2. The molecule has 2 aromatic rings. The first kappa shape index (κ1) is 21.0. The van der Waals surface area contributed by atoms with Crippen molar-refractivity contribution in [1.82, 2.24) is 0 Å². The van der Waals surface area contributed by atoms with E-state index in [0.717, 1.165) is 23.3 Å². The van der Waals surface area contributed by atoms with Crippen LogP contribution in [-0.2, 0) is 20.7 Å². The zero-order valence-corrected chi connectivity index (χ0v) is 17.7. The molecule has 0 saturated heterocycles. The summed E-state index contributed by atoms with van der Waals surface area (Å²) in [6.07, 6.45) is 2.19. The maximum absolute atomic E-state index is 12.8. The Hall–Kier alpha value is -2.67. The van der Waals surface area contributed by atoms with Gasteiger partial charge < -0.3 is 14.8 Å². The van der Waals surface area contributed by atoms with Crippen LogP contribution >= 0.6 is 11.3 Å². The van der Waals surface area contributed by atoms with Gasteiger partial charge in [-0.05, 0) is 57.7 Å². The lowest BCUT2D eigenvalue weighted by atomic mass is 9.85. The number of hydrogen-bond acceptors (Lipinski definition) is 6. The Labute approximate surface area is 174 Å². The molecule has 154 valence electrons. The van der Waals surface area contributed by atoms with Crippen LogP contribution < -0.4 is 5.32 Å². The number of ether oxygens (including phenoxy) is 2. The molecule has 0 saturated carbocycles. The molecule has 1 aromatic carbocycles. The van der Waals surface area contributed by atoms with Crippen molar-refractivity contribution in [2.75, 3.05) is 18.5 Å². The van der Waals surface area contributed by atoms with Gasteiger partial charge in [0.25, 0.3) is 5.91 Å². The summed E-state index contributed by atoms with van der Waals surface area (Å²) >= 11 is 1.34. The molecule has 0 fully saturated rings. The zero-order chi connectivity index (χ0) is 21.0. The number of rotatable bonds is 6. The molecule has 29 heavy (non-hydrogen) atoms. The Bertz CT molecular complexity index is 916. The molecule has 1 heterocycles. The van der Waals surface area contributed by atoms with Gasteiger partial charge >= 0.3 is 11.9 Å². The van der Waals surface area contributed by atoms with Crippen molar-refractivity contribution in [3.05, 3.63) is 51.4 Å². The number of benzene rings is 1. The minimum absolute atomic E-state index is 0.207. The molecule has 1 aliphatic rings. The van der Waals surface area contributed by atoms with E-state index in [1.807, 2.05) is 19.1 Å². The van der Waals surface area contributed by atoms with Gasteiger partial charge in [-0.25, -0.2) is 4.79 Å². The average molecular weight is 416 g/mol. The first-order valence-corrected chi connectivity index (χ1v) is 10.6. The van der Waals surface area contributed by atoms with Gasteiger partial charge in [0, 0.05) is 10.4 Å². The van der Waals surface area contributed by atoms with E-state index in [2.05, 4.69) is 5.32 Å². The fraction of sp³-hybridized carbons (Fsp3) is 0.409. The second-order valence-corrected chi connectivity index (χ2v) is 7.99. The maximum Gasteiger partial charge on any atom is 0.341 e. The first-order chi connectivity index (χ1) is 14.0. The van der Waals surface area contributed by atoms with Crippen molar-refractivity contribution >= 4 is 34.2 Å². The van der Waals surface area contributed by atoms with Crippen LogP contribution in [0, 0.1) is 6.92 Å². The van der Waals surface area contributed by atoms with Gasteiger partial charge in [-0.15, -0.1) is 11.3 Å². The quantitative estimate of drug-likeness (QED) is 0.704. The Morgan fingerprint density at radius 3 is 2.45 bits per heavy atom. The van der Waals surface area contributed by atoms with Crippen molar-refractivity contribution in [2.24, 2.45) is 0 Å². The Morgan fingerprint density at radius 1 is 1.10 bits per heavy atom. The van der Waals surface area contributed by atoms with Gasteiger partial charge in [0.2, 0.25) is 0 Å². The highest BCUT2D eigenvalue weighted by molar-refractivity contribution is 7.17. The van der Waals surface area contributed by atoms with Gasteiger partial charge in [-0.2, -0.15) is 0 Å². The summed E-state index contributed by atoms with van der Waals surface area (Å²) in [5, 5.41) is 3.29. The van der Waals surface area contributed by atoms with Gasteiger partial charge in [-0.1, -0.05) is 17.7 Å². The third-order valence-electron chi connectivity index (χ3n) is 4.86. The fourth-order valence-corrected chi connectivity index (χ4v) is 4.80. The Balaban J connectivity index is 2.01. The third-order valence-corrected chi connectivity index (χ3v) is 6.04. The summed E-state index contributed by atoms with van der Waals surface area (Å²) in [4.78, 5) is 39.0. The number of thiophene rings is 1. The van der Waals surface area contributed by atoms with E-state index in [-0.39, 0.29) is 30.7 Å². The van der Waals surface area contributed by atoms with Gasteiger partial charge in [-0.3, -0.25) is 9.59 Å². The third kappa shape index (κ3) is 4.50. The Kier molecular flexibility index (Phi) is 6.69. The predicted octanol–water partition coefficient (Wildman–Crippen LogP) is 4.47. The molecule has 0 radical (unpaired) electrons. The average Bonchev–Trinajstić information content (AvgIpc) is 3.06. The van der Waals surface area contributed by atoms with Crippen molar-refractivity contribution in [1.29, 1.82) is 0 Å². The normalized spacial score (nSPS) is 15.3. The first-order valence-electron chi connectivity index (χ1n) is 9.83.